The standard InChI is InChI=1S/C21H23N5O2/c1-3-26-11-5-7-15(13-26)23-21-25-20-18(28-21)10-9-16(24-20)19-14(12-22)6-4-8-17(19)27-2/h4,6,8-10,15H,3,5,7,11,13H2,1-2H3,(H,23,24,25)/t15-/m1/s1. The van der Waals surface area contributed by atoms with Crippen LogP contribution in [0.15, 0.2) is 34.7 Å². The average molecular weight is 377 g/mol. The van der Waals surface area contributed by atoms with Crippen LogP contribution in [0.3, 0.4) is 0 Å². The summed E-state index contributed by atoms with van der Waals surface area (Å²) in [5.74, 6) is 0.606. The van der Waals surface area contributed by atoms with Crippen molar-refractivity contribution in [3.63, 3.8) is 0 Å². The molecule has 1 aliphatic rings. The molecule has 0 amide bonds. The first-order valence-corrected chi connectivity index (χ1v) is 9.55. The second-order valence-electron chi connectivity index (χ2n) is 6.91. The van der Waals surface area contributed by atoms with Gasteiger partial charge in [-0.3, -0.25) is 0 Å². The van der Waals surface area contributed by atoms with Crippen LogP contribution in [-0.2, 0) is 0 Å². The minimum absolute atomic E-state index is 0.320. The molecular formula is C21H23N5O2. The Kier molecular flexibility index (Phi) is 5.13. The van der Waals surface area contributed by atoms with Crippen molar-refractivity contribution in [3.8, 4) is 23.1 Å². The molecule has 7 nitrogen and oxygen atoms in total. The molecule has 2 aromatic heterocycles. The van der Waals surface area contributed by atoms with Gasteiger partial charge >= 0.3 is 0 Å². The number of ether oxygens (including phenoxy) is 1. The summed E-state index contributed by atoms with van der Waals surface area (Å²) in [7, 11) is 1.58. The number of hydrogen-bond donors (Lipinski definition) is 1. The Bertz CT molecular complexity index is 1020. The number of hydrogen-bond acceptors (Lipinski definition) is 7. The van der Waals surface area contributed by atoms with E-state index in [1.165, 1.54) is 6.42 Å². The summed E-state index contributed by atoms with van der Waals surface area (Å²) in [5, 5.41) is 12.9. The van der Waals surface area contributed by atoms with Gasteiger partial charge in [-0.1, -0.05) is 13.0 Å². The molecule has 3 heterocycles. The lowest BCUT2D eigenvalue weighted by Gasteiger charge is -2.31. The zero-order chi connectivity index (χ0) is 19.5. The van der Waals surface area contributed by atoms with Crippen molar-refractivity contribution in [1.29, 1.82) is 5.26 Å². The maximum Gasteiger partial charge on any atom is 0.297 e. The summed E-state index contributed by atoms with van der Waals surface area (Å²) in [6.07, 6.45) is 2.26. The first-order chi connectivity index (χ1) is 13.7. The van der Waals surface area contributed by atoms with Gasteiger partial charge in [-0.2, -0.15) is 10.2 Å². The monoisotopic (exact) mass is 377 g/mol. The number of nitrogens with zero attached hydrogens (tertiary/aromatic N) is 4. The number of pyridine rings is 1. The number of rotatable bonds is 5. The van der Waals surface area contributed by atoms with Crippen LogP contribution in [0.1, 0.15) is 25.3 Å². The van der Waals surface area contributed by atoms with Crippen LogP contribution in [0.5, 0.6) is 5.75 Å². The Hall–Kier alpha value is -3.11. The highest BCUT2D eigenvalue weighted by Gasteiger charge is 2.21. The van der Waals surface area contributed by atoms with E-state index in [1.807, 2.05) is 18.2 Å². The minimum atomic E-state index is 0.320. The molecule has 144 valence electrons. The predicted molar refractivity (Wildman–Crippen MR) is 107 cm³/mol. The predicted octanol–water partition coefficient (Wildman–Crippen LogP) is 3.67. The Morgan fingerprint density at radius 2 is 2.21 bits per heavy atom. The zero-order valence-electron chi connectivity index (χ0n) is 16.1. The smallest absolute Gasteiger partial charge is 0.297 e. The quantitative estimate of drug-likeness (QED) is 0.726. The number of likely N-dealkylation sites (N-methyl/N-ethyl adjacent to an activating group) is 1. The second kappa shape index (κ2) is 7.87. The molecule has 0 aliphatic carbocycles. The molecular weight excluding hydrogens is 354 g/mol. The highest BCUT2D eigenvalue weighted by atomic mass is 16.5. The number of likely N-dealkylation sites (tertiary alicyclic amines) is 1. The van der Waals surface area contributed by atoms with E-state index in [-0.39, 0.29) is 0 Å². The average Bonchev–Trinajstić information content (AvgIpc) is 3.14. The van der Waals surface area contributed by atoms with Gasteiger partial charge in [0.1, 0.15) is 5.75 Å². The van der Waals surface area contributed by atoms with Crippen molar-refractivity contribution >= 4 is 17.2 Å². The third kappa shape index (κ3) is 3.51. The summed E-state index contributed by atoms with van der Waals surface area (Å²) in [5.41, 5.74) is 2.93. The van der Waals surface area contributed by atoms with Crippen LogP contribution in [0.25, 0.3) is 22.5 Å². The molecule has 1 atom stereocenters. The number of nitriles is 1. The molecule has 3 aromatic rings. The summed E-state index contributed by atoms with van der Waals surface area (Å²) in [6.45, 7) is 5.37. The lowest BCUT2D eigenvalue weighted by atomic mass is 10.0. The van der Waals surface area contributed by atoms with Gasteiger partial charge in [-0.15, -0.1) is 0 Å². The van der Waals surface area contributed by atoms with Crippen LogP contribution in [-0.4, -0.2) is 47.7 Å². The zero-order valence-corrected chi connectivity index (χ0v) is 16.1. The van der Waals surface area contributed by atoms with Gasteiger partial charge in [0, 0.05) is 12.6 Å². The summed E-state index contributed by atoms with van der Waals surface area (Å²) < 4.78 is 11.3. The molecule has 28 heavy (non-hydrogen) atoms. The van der Waals surface area contributed by atoms with E-state index in [1.54, 1.807) is 19.2 Å². The molecule has 1 fully saturated rings. The van der Waals surface area contributed by atoms with E-state index in [2.05, 4.69) is 33.2 Å². The van der Waals surface area contributed by atoms with Gasteiger partial charge in [-0.05, 0) is 50.2 Å². The first kappa shape index (κ1) is 18.3. The van der Waals surface area contributed by atoms with Gasteiger partial charge in [0.05, 0.1) is 30.0 Å². The van der Waals surface area contributed by atoms with Crippen LogP contribution in [0, 0.1) is 11.3 Å². The van der Waals surface area contributed by atoms with Crippen molar-refractivity contribution < 1.29 is 9.15 Å². The fourth-order valence-corrected chi connectivity index (χ4v) is 3.71. The van der Waals surface area contributed by atoms with Crippen LogP contribution in [0.2, 0.25) is 0 Å². The number of oxazole rings is 1. The van der Waals surface area contributed by atoms with Crippen molar-refractivity contribution in [1.82, 2.24) is 14.9 Å². The topological polar surface area (TPSA) is 87.2 Å². The third-order valence-corrected chi connectivity index (χ3v) is 5.16. The van der Waals surface area contributed by atoms with Gasteiger partial charge in [0.25, 0.3) is 6.01 Å². The number of methoxy groups -OCH3 is 1. The molecule has 0 saturated carbocycles. The number of anilines is 1. The number of fused-ring (bicyclic) bond motifs is 1. The number of nitrogens with one attached hydrogen (secondary N) is 1. The lowest BCUT2D eigenvalue weighted by Crippen LogP contribution is -2.41. The normalized spacial score (nSPS) is 17.4. The van der Waals surface area contributed by atoms with E-state index >= 15 is 0 Å². The Morgan fingerprint density at radius 1 is 1.32 bits per heavy atom. The van der Waals surface area contributed by atoms with E-state index < -0.39 is 0 Å². The fourth-order valence-electron chi connectivity index (χ4n) is 3.71. The van der Waals surface area contributed by atoms with Crippen LogP contribution in [0.4, 0.5) is 6.01 Å². The van der Waals surface area contributed by atoms with Crippen molar-refractivity contribution in [2.24, 2.45) is 0 Å². The number of benzene rings is 1. The van der Waals surface area contributed by atoms with Crippen molar-refractivity contribution in [2.75, 3.05) is 32.1 Å². The maximum absolute atomic E-state index is 9.46. The number of aromatic nitrogens is 2. The van der Waals surface area contributed by atoms with E-state index in [9.17, 15) is 5.26 Å². The first-order valence-electron chi connectivity index (χ1n) is 9.55. The molecule has 1 saturated heterocycles. The van der Waals surface area contributed by atoms with Crippen LogP contribution < -0.4 is 10.1 Å². The Balaban J connectivity index is 1.64. The lowest BCUT2D eigenvalue weighted by molar-refractivity contribution is 0.225. The molecule has 1 aliphatic heterocycles. The number of piperidine rings is 1. The Morgan fingerprint density at radius 3 is 3.00 bits per heavy atom. The summed E-state index contributed by atoms with van der Waals surface area (Å²) in [6, 6.07) is 12.0. The van der Waals surface area contributed by atoms with Gasteiger partial charge in [0.2, 0.25) is 5.65 Å². The Labute approximate surface area is 163 Å². The largest absolute Gasteiger partial charge is 0.496 e. The third-order valence-electron chi connectivity index (χ3n) is 5.16. The summed E-state index contributed by atoms with van der Waals surface area (Å²) >= 11 is 0. The molecule has 1 aromatic carbocycles. The maximum atomic E-state index is 9.46. The second-order valence-corrected chi connectivity index (χ2v) is 6.91. The molecule has 1 N–H and O–H groups in total. The van der Waals surface area contributed by atoms with E-state index in [0.717, 1.165) is 26.1 Å². The fraction of sp³-hybridized carbons (Fsp3) is 0.381. The molecule has 0 bridgehead atoms. The van der Waals surface area contributed by atoms with E-state index in [4.69, 9.17) is 9.15 Å². The van der Waals surface area contributed by atoms with Crippen molar-refractivity contribution in [2.45, 2.75) is 25.8 Å². The van der Waals surface area contributed by atoms with E-state index in [0.29, 0.717) is 45.9 Å². The minimum Gasteiger partial charge on any atom is -0.496 e. The highest BCUT2D eigenvalue weighted by molar-refractivity contribution is 5.79. The molecule has 0 spiro atoms. The molecule has 0 unspecified atom stereocenters. The van der Waals surface area contributed by atoms with Crippen molar-refractivity contribution in [3.05, 3.63) is 35.9 Å². The van der Waals surface area contributed by atoms with Gasteiger partial charge < -0.3 is 19.4 Å². The molecule has 4 rings (SSSR count). The highest BCUT2D eigenvalue weighted by Crippen LogP contribution is 2.33. The SMILES string of the molecule is CCN1CCC[C@@H](Nc2nc3nc(-c4c(C#N)cccc4OC)ccc3o2)C1. The molecule has 7 heteroatoms. The van der Waals surface area contributed by atoms with Crippen LogP contribution >= 0.6 is 0 Å². The summed E-state index contributed by atoms with van der Waals surface area (Å²) in [4.78, 5) is 11.6. The molecule has 0 radical (unpaired) electrons. The van der Waals surface area contributed by atoms with Gasteiger partial charge in [0.15, 0.2) is 5.58 Å². The van der Waals surface area contributed by atoms with Gasteiger partial charge in [-0.25, -0.2) is 4.98 Å².